The van der Waals surface area contributed by atoms with E-state index in [-0.39, 0.29) is 6.61 Å². The lowest BCUT2D eigenvalue weighted by Crippen LogP contribution is -2.39. The summed E-state index contributed by atoms with van der Waals surface area (Å²) in [5, 5.41) is 10.4. The van der Waals surface area contributed by atoms with E-state index >= 15 is 0 Å². The van der Waals surface area contributed by atoms with Crippen LogP contribution in [0.3, 0.4) is 0 Å². The molecule has 0 unspecified atom stereocenters. The van der Waals surface area contributed by atoms with Gasteiger partial charge in [-0.15, -0.1) is 0 Å². The van der Waals surface area contributed by atoms with Crippen LogP contribution in [0.25, 0.3) is 10.9 Å². The molecule has 1 saturated carbocycles. The van der Waals surface area contributed by atoms with E-state index in [1.54, 1.807) is 6.33 Å². The number of hydrogen-bond donors (Lipinski definition) is 2. The lowest BCUT2D eigenvalue weighted by Gasteiger charge is -2.35. The minimum Gasteiger partial charge on any atom is -0.399 e. The zero-order valence-corrected chi connectivity index (χ0v) is 12.2. The van der Waals surface area contributed by atoms with Crippen LogP contribution in [0.1, 0.15) is 32.1 Å². The van der Waals surface area contributed by atoms with Gasteiger partial charge in [-0.3, -0.25) is 0 Å². The zero-order chi connectivity index (χ0) is 14.7. The Morgan fingerprint density at radius 2 is 2.00 bits per heavy atom. The fourth-order valence-corrected chi connectivity index (χ4v) is 3.25. The second kappa shape index (κ2) is 6.26. The molecule has 5 nitrogen and oxygen atoms in total. The first-order valence-electron chi connectivity index (χ1n) is 7.67. The van der Waals surface area contributed by atoms with Crippen LogP contribution in [-0.4, -0.2) is 34.3 Å². The second-order valence-electron chi connectivity index (χ2n) is 5.68. The largest absolute Gasteiger partial charge is 0.399 e. The van der Waals surface area contributed by atoms with Crippen LogP contribution in [0.15, 0.2) is 24.5 Å². The van der Waals surface area contributed by atoms with E-state index in [4.69, 9.17) is 5.73 Å². The molecule has 0 aliphatic heterocycles. The number of nitrogens with two attached hydrogens (primary N) is 1. The minimum absolute atomic E-state index is 0.129. The molecule has 112 valence electrons. The summed E-state index contributed by atoms with van der Waals surface area (Å²) in [6, 6.07) is 6.16. The first kappa shape index (κ1) is 14.1. The first-order valence-corrected chi connectivity index (χ1v) is 7.67. The van der Waals surface area contributed by atoms with Gasteiger partial charge in [0.25, 0.3) is 0 Å². The number of anilines is 2. The molecule has 1 aromatic carbocycles. The SMILES string of the molecule is Nc1ccc2ncnc(N(CCO)C3CCCCC3)c2c1. The number of aliphatic hydroxyl groups excluding tert-OH is 1. The number of aliphatic hydroxyl groups is 1. The van der Waals surface area contributed by atoms with Crippen LogP contribution >= 0.6 is 0 Å². The molecule has 1 fully saturated rings. The Bertz CT molecular complexity index is 610. The van der Waals surface area contributed by atoms with E-state index in [0.717, 1.165) is 29.6 Å². The maximum atomic E-state index is 9.45. The minimum atomic E-state index is 0.129. The van der Waals surface area contributed by atoms with Crippen molar-refractivity contribution in [3.63, 3.8) is 0 Å². The summed E-state index contributed by atoms with van der Waals surface area (Å²) < 4.78 is 0. The summed E-state index contributed by atoms with van der Waals surface area (Å²) in [4.78, 5) is 11.0. The molecule has 2 aromatic rings. The number of rotatable bonds is 4. The molecule has 0 atom stereocenters. The molecule has 0 radical (unpaired) electrons. The maximum absolute atomic E-state index is 9.45. The van der Waals surface area contributed by atoms with E-state index in [1.165, 1.54) is 19.3 Å². The topological polar surface area (TPSA) is 75.3 Å². The van der Waals surface area contributed by atoms with Crippen molar-refractivity contribution in [3.8, 4) is 0 Å². The molecule has 1 aliphatic carbocycles. The van der Waals surface area contributed by atoms with E-state index < -0.39 is 0 Å². The number of benzene rings is 1. The van der Waals surface area contributed by atoms with E-state index in [2.05, 4.69) is 14.9 Å². The molecule has 21 heavy (non-hydrogen) atoms. The Labute approximate surface area is 124 Å². The average molecular weight is 286 g/mol. The highest BCUT2D eigenvalue weighted by molar-refractivity contribution is 5.91. The van der Waals surface area contributed by atoms with Gasteiger partial charge in [0.2, 0.25) is 0 Å². The van der Waals surface area contributed by atoms with Crippen molar-refractivity contribution in [2.75, 3.05) is 23.8 Å². The third-order valence-electron chi connectivity index (χ3n) is 4.27. The molecule has 0 amide bonds. The quantitative estimate of drug-likeness (QED) is 0.844. The van der Waals surface area contributed by atoms with Gasteiger partial charge >= 0.3 is 0 Å². The van der Waals surface area contributed by atoms with Crippen molar-refractivity contribution < 1.29 is 5.11 Å². The van der Waals surface area contributed by atoms with Crippen molar-refractivity contribution in [1.29, 1.82) is 0 Å². The Morgan fingerprint density at radius 3 is 2.76 bits per heavy atom. The third-order valence-corrected chi connectivity index (χ3v) is 4.27. The molecule has 0 spiro atoms. The van der Waals surface area contributed by atoms with Gasteiger partial charge in [-0.2, -0.15) is 0 Å². The molecule has 0 saturated heterocycles. The molecule has 1 heterocycles. The van der Waals surface area contributed by atoms with E-state index in [0.29, 0.717) is 18.3 Å². The number of hydrogen-bond acceptors (Lipinski definition) is 5. The van der Waals surface area contributed by atoms with Gasteiger partial charge in [0.15, 0.2) is 0 Å². The number of nitrogen functional groups attached to an aromatic ring is 1. The lowest BCUT2D eigenvalue weighted by atomic mass is 9.94. The highest BCUT2D eigenvalue weighted by Gasteiger charge is 2.23. The molecular weight excluding hydrogens is 264 g/mol. The maximum Gasteiger partial charge on any atom is 0.140 e. The highest BCUT2D eigenvalue weighted by Crippen LogP contribution is 2.30. The first-order chi connectivity index (χ1) is 10.3. The lowest BCUT2D eigenvalue weighted by molar-refractivity contribution is 0.289. The highest BCUT2D eigenvalue weighted by atomic mass is 16.3. The molecular formula is C16H22N4O. The second-order valence-corrected chi connectivity index (χ2v) is 5.68. The molecule has 1 aliphatic rings. The number of nitrogens with zero attached hydrogens (tertiary/aromatic N) is 3. The van der Waals surface area contributed by atoms with Crippen LogP contribution < -0.4 is 10.6 Å². The van der Waals surface area contributed by atoms with Gasteiger partial charge in [-0.1, -0.05) is 19.3 Å². The van der Waals surface area contributed by atoms with Crippen molar-refractivity contribution in [3.05, 3.63) is 24.5 Å². The standard InChI is InChI=1S/C16H22N4O/c17-12-6-7-15-14(10-12)16(19-11-18-15)20(8-9-21)13-4-2-1-3-5-13/h6-7,10-11,13,21H,1-5,8-9,17H2. The van der Waals surface area contributed by atoms with Gasteiger partial charge in [0.1, 0.15) is 12.1 Å². The van der Waals surface area contributed by atoms with Crippen molar-refractivity contribution >= 4 is 22.4 Å². The fraction of sp³-hybridized carbons (Fsp3) is 0.500. The van der Waals surface area contributed by atoms with Gasteiger partial charge in [0.05, 0.1) is 12.1 Å². The molecule has 5 heteroatoms. The fourth-order valence-electron chi connectivity index (χ4n) is 3.25. The van der Waals surface area contributed by atoms with Crippen molar-refractivity contribution in [1.82, 2.24) is 9.97 Å². The molecule has 0 bridgehead atoms. The summed E-state index contributed by atoms with van der Waals surface area (Å²) in [6.45, 7) is 0.732. The molecule has 1 aromatic heterocycles. The third kappa shape index (κ3) is 2.93. The zero-order valence-electron chi connectivity index (χ0n) is 12.2. The van der Waals surface area contributed by atoms with Crippen LogP contribution in [0.5, 0.6) is 0 Å². The monoisotopic (exact) mass is 286 g/mol. The van der Waals surface area contributed by atoms with E-state index in [9.17, 15) is 5.11 Å². The summed E-state index contributed by atoms with van der Waals surface area (Å²) in [6.07, 6.45) is 7.72. The number of fused-ring (bicyclic) bond motifs is 1. The van der Waals surface area contributed by atoms with Crippen molar-refractivity contribution in [2.24, 2.45) is 0 Å². The van der Waals surface area contributed by atoms with Gasteiger partial charge in [0, 0.05) is 23.7 Å². The Kier molecular flexibility index (Phi) is 4.20. The Balaban J connectivity index is 2.03. The predicted octanol–water partition coefficient (Wildman–Crippen LogP) is 2.34. The Hall–Kier alpha value is -1.88. The average Bonchev–Trinajstić information content (AvgIpc) is 2.53. The van der Waals surface area contributed by atoms with Crippen LogP contribution in [0.2, 0.25) is 0 Å². The van der Waals surface area contributed by atoms with Crippen LogP contribution in [0.4, 0.5) is 11.5 Å². The smallest absolute Gasteiger partial charge is 0.140 e. The van der Waals surface area contributed by atoms with E-state index in [1.807, 2.05) is 18.2 Å². The van der Waals surface area contributed by atoms with Gasteiger partial charge < -0.3 is 15.7 Å². The van der Waals surface area contributed by atoms with Crippen molar-refractivity contribution in [2.45, 2.75) is 38.1 Å². The van der Waals surface area contributed by atoms with Gasteiger partial charge in [-0.05, 0) is 31.0 Å². The molecule has 3 N–H and O–H groups in total. The predicted molar refractivity (Wildman–Crippen MR) is 85.3 cm³/mol. The Morgan fingerprint density at radius 1 is 1.19 bits per heavy atom. The summed E-state index contributed by atoms with van der Waals surface area (Å²) in [5.74, 6) is 0.897. The normalized spacial score (nSPS) is 16.2. The van der Waals surface area contributed by atoms with Crippen LogP contribution in [0, 0.1) is 0 Å². The number of aromatic nitrogens is 2. The van der Waals surface area contributed by atoms with Gasteiger partial charge in [-0.25, -0.2) is 9.97 Å². The summed E-state index contributed by atoms with van der Waals surface area (Å²) >= 11 is 0. The molecule has 3 rings (SSSR count). The van der Waals surface area contributed by atoms with Crippen LogP contribution in [-0.2, 0) is 0 Å². The summed E-state index contributed by atoms with van der Waals surface area (Å²) in [7, 11) is 0. The summed E-state index contributed by atoms with van der Waals surface area (Å²) in [5.41, 5.74) is 7.53.